The lowest BCUT2D eigenvalue weighted by Gasteiger charge is -2.12. The molecule has 0 heterocycles. The van der Waals surface area contributed by atoms with Gasteiger partial charge in [-0.3, -0.25) is 9.59 Å². The molecule has 1 aromatic carbocycles. The summed E-state index contributed by atoms with van der Waals surface area (Å²) in [6.07, 6.45) is 0. The maximum atomic E-state index is 12.0. The van der Waals surface area contributed by atoms with Crippen molar-refractivity contribution in [3.8, 4) is 6.07 Å². The van der Waals surface area contributed by atoms with Gasteiger partial charge in [-0.2, -0.15) is 5.26 Å². The van der Waals surface area contributed by atoms with Crippen LogP contribution in [-0.2, 0) is 14.3 Å². The third-order valence-electron chi connectivity index (χ3n) is 2.48. The largest absolute Gasteiger partial charge is 0.465 e. The Morgan fingerprint density at radius 2 is 2.24 bits per heavy atom. The minimum Gasteiger partial charge on any atom is -0.465 e. The first-order valence-corrected chi connectivity index (χ1v) is 7.68. The van der Waals surface area contributed by atoms with E-state index in [4.69, 9.17) is 21.6 Å². The number of halogens is 1. The van der Waals surface area contributed by atoms with Crippen molar-refractivity contribution < 1.29 is 14.3 Å². The number of nitrogens with one attached hydrogen (secondary N) is 1. The zero-order valence-corrected chi connectivity index (χ0v) is 13.3. The SMILES string of the molecule is CCOC(=O)CSC(C)C(=O)Nc1ccc(C#N)c(Cl)c1. The summed E-state index contributed by atoms with van der Waals surface area (Å²) in [7, 11) is 0. The van der Waals surface area contributed by atoms with Gasteiger partial charge in [-0.15, -0.1) is 11.8 Å². The van der Waals surface area contributed by atoms with Gasteiger partial charge < -0.3 is 10.1 Å². The van der Waals surface area contributed by atoms with Crippen LogP contribution < -0.4 is 5.32 Å². The lowest BCUT2D eigenvalue weighted by atomic mass is 10.2. The Bertz CT molecular complexity index is 572. The summed E-state index contributed by atoms with van der Waals surface area (Å²) in [6, 6.07) is 6.60. The summed E-state index contributed by atoms with van der Waals surface area (Å²) < 4.78 is 4.79. The number of nitriles is 1. The summed E-state index contributed by atoms with van der Waals surface area (Å²) >= 11 is 7.08. The molecule has 0 bridgehead atoms. The fourth-order valence-corrected chi connectivity index (χ4v) is 2.30. The van der Waals surface area contributed by atoms with Crippen LogP contribution in [0.5, 0.6) is 0 Å². The molecule has 0 aliphatic carbocycles. The van der Waals surface area contributed by atoms with Crippen LogP contribution in [0, 0.1) is 11.3 Å². The highest BCUT2D eigenvalue weighted by Crippen LogP contribution is 2.21. The van der Waals surface area contributed by atoms with E-state index < -0.39 is 5.25 Å². The number of rotatable bonds is 6. The average Bonchev–Trinajstić information content (AvgIpc) is 2.45. The highest BCUT2D eigenvalue weighted by molar-refractivity contribution is 8.01. The molecule has 1 aromatic rings. The normalized spacial score (nSPS) is 11.3. The van der Waals surface area contributed by atoms with E-state index >= 15 is 0 Å². The second-order valence-corrected chi connectivity index (χ2v) is 5.79. The van der Waals surface area contributed by atoms with E-state index in [-0.39, 0.29) is 22.7 Å². The Morgan fingerprint density at radius 1 is 1.52 bits per heavy atom. The third-order valence-corrected chi connectivity index (χ3v) is 3.91. The monoisotopic (exact) mass is 326 g/mol. The predicted octanol–water partition coefficient (Wildman–Crippen LogP) is 2.83. The molecular weight excluding hydrogens is 312 g/mol. The number of amides is 1. The van der Waals surface area contributed by atoms with Gasteiger partial charge in [-0.1, -0.05) is 11.6 Å². The van der Waals surface area contributed by atoms with Gasteiger partial charge in [0.2, 0.25) is 5.91 Å². The lowest BCUT2D eigenvalue weighted by molar-refractivity contribution is -0.139. The number of hydrogen-bond acceptors (Lipinski definition) is 5. The van der Waals surface area contributed by atoms with Crippen molar-refractivity contribution in [2.75, 3.05) is 17.7 Å². The van der Waals surface area contributed by atoms with E-state index in [0.717, 1.165) is 0 Å². The second kappa shape index (κ2) is 8.55. The molecule has 1 amide bonds. The molecule has 5 nitrogen and oxygen atoms in total. The topological polar surface area (TPSA) is 79.2 Å². The summed E-state index contributed by atoms with van der Waals surface area (Å²) in [5.41, 5.74) is 0.854. The quantitative estimate of drug-likeness (QED) is 0.813. The maximum absolute atomic E-state index is 12.0. The van der Waals surface area contributed by atoms with Gasteiger partial charge in [-0.25, -0.2) is 0 Å². The second-order valence-electron chi connectivity index (χ2n) is 4.05. The first-order valence-electron chi connectivity index (χ1n) is 6.25. The molecule has 21 heavy (non-hydrogen) atoms. The number of anilines is 1. The van der Waals surface area contributed by atoms with Crippen LogP contribution in [-0.4, -0.2) is 29.5 Å². The average molecular weight is 327 g/mol. The van der Waals surface area contributed by atoms with Crippen LogP contribution in [0.1, 0.15) is 19.4 Å². The highest BCUT2D eigenvalue weighted by Gasteiger charge is 2.16. The molecular formula is C14H15ClN2O3S. The van der Waals surface area contributed by atoms with Crippen LogP contribution in [0.4, 0.5) is 5.69 Å². The smallest absolute Gasteiger partial charge is 0.315 e. The van der Waals surface area contributed by atoms with E-state index in [1.807, 2.05) is 6.07 Å². The van der Waals surface area contributed by atoms with Crippen LogP contribution >= 0.6 is 23.4 Å². The summed E-state index contributed by atoms with van der Waals surface area (Å²) in [5.74, 6) is -0.468. The van der Waals surface area contributed by atoms with Crippen LogP contribution in [0.25, 0.3) is 0 Å². The van der Waals surface area contributed by atoms with Crippen molar-refractivity contribution in [2.24, 2.45) is 0 Å². The molecule has 1 unspecified atom stereocenters. The van der Waals surface area contributed by atoms with Crippen LogP contribution in [0.2, 0.25) is 5.02 Å². The highest BCUT2D eigenvalue weighted by atomic mass is 35.5. The minimum absolute atomic E-state index is 0.122. The predicted molar refractivity (Wildman–Crippen MR) is 83.3 cm³/mol. The number of benzene rings is 1. The van der Waals surface area contributed by atoms with E-state index in [0.29, 0.717) is 17.9 Å². The number of carbonyl (C=O) groups excluding carboxylic acids is 2. The molecule has 1 atom stereocenters. The molecule has 0 aromatic heterocycles. The van der Waals surface area contributed by atoms with Crippen molar-refractivity contribution in [1.82, 2.24) is 0 Å². The van der Waals surface area contributed by atoms with E-state index in [1.54, 1.807) is 19.9 Å². The van der Waals surface area contributed by atoms with Gasteiger partial charge in [0, 0.05) is 5.69 Å². The van der Waals surface area contributed by atoms with Gasteiger partial charge in [-0.05, 0) is 32.0 Å². The zero-order valence-electron chi connectivity index (χ0n) is 11.7. The molecule has 0 saturated heterocycles. The Kier molecular flexibility index (Phi) is 7.06. The van der Waals surface area contributed by atoms with Crippen molar-refractivity contribution in [1.29, 1.82) is 5.26 Å². The summed E-state index contributed by atoms with van der Waals surface area (Å²) in [4.78, 5) is 23.2. The number of carbonyl (C=O) groups is 2. The molecule has 0 radical (unpaired) electrons. The van der Waals surface area contributed by atoms with Crippen LogP contribution in [0.15, 0.2) is 18.2 Å². The molecule has 112 valence electrons. The van der Waals surface area contributed by atoms with Gasteiger partial charge >= 0.3 is 5.97 Å². The Hall–Kier alpha value is -1.71. The molecule has 0 aliphatic rings. The lowest BCUT2D eigenvalue weighted by Crippen LogP contribution is -2.24. The Morgan fingerprint density at radius 3 is 2.81 bits per heavy atom. The number of esters is 1. The van der Waals surface area contributed by atoms with Crippen molar-refractivity contribution in [3.05, 3.63) is 28.8 Å². The molecule has 0 spiro atoms. The summed E-state index contributed by atoms with van der Waals surface area (Å²) in [5, 5.41) is 11.3. The number of thioether (sulfide) groups is 1. The third kappa shape index (κ3) is 5.66. The standard InChI is InChI=1S/C14H15ClN2O3S/c1-3-20-13(18)8-21-9(2)14(19)17-11-5-4-10(7-16)12(15)6-11/h4-6,9H,3,8H2,1-2H3,(H,17,19). The fourth-order valence-electron chi connectivity index (χ4n) is 1.40. The Labute approximate surface area is 132 Å². The minimum atomic E-state index is -0.413. The first-order chi connectivity index (χ1) is 9.97. The van der Waals surface area contributed by atoms with Crippen molar-refractivity contribution >= 4 is 40.9 Å². The first kappa shape index (κ1) is 17.3. The number of nitrogens with zero attached hydrogens (tertiary/aromatic N) is 1. The van der Waals surface area contributed by atoms with E-state index in [9.17, 15) is 9.59 Å². The van der Waals surface area contributed by atoms with E-state index in [1.165, 1.54) is 23.9 Å². The fraction of sp³-hybridized carbons (Fsp3) is 0.357. The molecule has 0 saturated carbocycles. The maximum Gasteiger partial charge on any atom is 0.315 e. The Balaban J connectivity index is 2.54. The molecule has 1 rings (SSSR count). The van der Waals surface area contributed by atoms with Crippen LogP contribution in [0.3, 0.4) is 0 Å². The number of ether oxygens (including phenoxy) is 1. The molecule has 0 fully saturated rings. The van der Waals surface area contributed by atoms with Gasteiger partial charge in [0.05, 0.1) is 28.2 Å². The van der Waals surface area contributed by atoms with Crippen molar-refractivity contribution in [3.63, 3.8) is 0 Å². The van der Waals surface area contributed by atoms with Gasteiger partial charge in [0.1, 0.15) is 6.07 Å². The van der Waals surface area contributed by atoms with Gasteiger partial charge in [0.15, 0.2) is 0 Å². The van der Waals surface area contributed by atoms with Gasteiger partial charge in [0.25, 0.3) is 0 Å². The molecule has 7 heteroatoms. The zero-order chi connectivity index (χ0) is 15.8. The van der Waals surface area contributed by atoms with E-state index in [2.05, 4.69) is 5.32 Å². The molecule has 0 aliphatic heterocycles. The molecule has 1 N–H and O–H groups in total. The number of hydrogen-bond donors (Lipinski definition) is 1. The summed E-state index contributed by atoms with van der Waals surface area (Å²) in [6.45, 7) is 3.75. The van der Waals surface area contributed by atoms with Crippen molar-refractivity contribution in [2.45, 2.75) is 19.1 Å².